The number of unbranched alkanes of at least 4 members (excludes halogenated alkanes) is 1. The predicted molar refractivity (Wildman–Crippen MR) is 80.8 cm³/mol. The minimum atomic E-state index is -0.356. The first-order valence-electron chi connectivity index (χ1n) is 7.11. The first-order valence-corrected chi connectivity index (χ1v) is 7.11. The van der Waals surface area contributed by atoms with Gasteiger partial charge in [-0.15, -0.1) is 0 Å². The van der Waals surface area contributed by atoms with Gasteiger partial charge < -0.3 is 4.57 Å². The number of fused-ring (bicyclic) bond motifs is 3. The van der Waals surface area contributed by atoms with Gasteiger partial charge in [0.1, 0.15) is 0 Å². The number of aryl methyl sites for hydroxylation is 3. The molecule has 0 aliphatic rings. The van der Waals surface area contributed by atoms with Gasteiger partial charge in [0, 0.05) is 32.5 Å². The Labute approximate surface area is 121 Å². The summed E-state index contributed by atoms with van der Waals surface area (Å²) in [5, 5.41) is 0. The highest BCUT2D eigenvalue weighted by atomic mass is 16.2. The summed E-state index contributed by atoms with van der Waals surface area (Å²) in [5.41, 5.74) is 1.28. The number of nitrogens with zero attached hydrogens (tertiary/aromatic N) is 5. The van der Waals surface area contributed by atoms with Crippen molar-refractivity contribution in [2.75, 3.05) is 0 Å². The van der Waals surface area contributed by atoms with Gasteiger partial charge in [-0.25, -0.2) is 4.79 Å². The molecule has 0 bridgehead atoms. The highest BCUT2D eigenvalue weighted by molar-refractivity contribution is 5.75. The molecule has 0 aromatic carbocycles. The van der Waals surface area contributed by atoms with Gasteiger partial charge in [-0.1, -0.05) is 13.3 Å². The van der Waals surface area contributed by atoms with Crippen LogP contribution in [0.1, 0.15) is 25.5 Å². The highest BCUT2D eigenvalue weighted by Gasteiger charge is 2.18. The average molecular weight is 289 g/mol. The van der Waals surface area contributed by atoms with Gasteiger partial charge in [0.25, 0.3) is 5.56 Å². The van der Waals surface area contributed by atoms with Gasteiger partial charge in [-0.05, 0) is 13.3 Å². The van der Waals surface area contributed by atoms with Crippen molar-refractivity contribution in [3.05, 3.63) is 32.7 Å². The van der Waals surface area contributed by atoms with Crippen molar-refractivity contribution in [2.24, 2.45) is 14.1 Å². The maximum Gasteiger partial charge on any atom is 0.332 e. The Kier molecular flexibility index (Phi) is 3.00. The van der Waals surface area contributed by atoms with Crippen molar-refractivity contribution in [3.8, 4) is 0 Å². The van der Waals surface area contributed by atoms with Crippen LogP contribution in [0, 0.1) is 6.92 Å². The Morgan fingerprint density at radius 2 is 1.90 bits per heavy atom. The standard InChI is InChI=1S/C14H19N5O2/c1-5-6-7-18-9(2)8-19-10-11(15-13(18)19)16(3)14(21)17(4)12(10)20/h8H,5-7H2,1-4H3. The highest BCUT2D eigenvalue weighted by Crippen LogP contribution is 2.16. The van der Waals surface area contributed by atoms with E-state index in [0.717, 1.165) is 29.6 Å². The lowest BCUT2D eigenvalue weighted by Crippen LogP contribution is -2.37. The van der Waals surface area contributed by atoms with Crippen LogP contribution in [0.4, 0.5) is 0 Å². The van der Waals surface area contributed by atoms with Crippen LogP contribution in [0.25, 0.3) is 16.9 Å². The third kappa shape index (κ3) is 1.76. The summed E-state index contributed by atoms with van der Waals surface area (Å²) in [6.07, 6.45) is 4.04. The SMILES string of the molecule is CCCCn1c(C)cn2c3c(=O)n(C)c(=O)n(C)c3nc12. The van der Waals surface area contributed by atoms with Crippen molar-refractivity contribution in [1.29, 1.82) is 0 Å². The van der Waals surface area contributed by atoms with E-state index >= 15 is 0 Å². The molecule has 0 radical (unpaired) electrons. The first kappa shape index (κ1) is 13.7. The molecule has 3 rings (SSSR count). The topological polar surface area (TPSA) is 66.2 Å². The summed E-state index contributed by atoms with van der Waals surface area (Å²) in [5.74, 6) is 0.717. The summed E-state index contributed by atoms with van der Waals surface area (Å²) < 4.78 is 6.42. The maximum atomic E-state index is 12.4. The third-order valence-corrected chi connectivity index (χ3v) is 3.99. The molecule has 0 saturated carbocycles. The second-order valence-corrected chi connectivity index (χ2v) is 5.44. The smallest absolute Gasteiger partial charge is 0.314 e. The number of hydrogen-bond donors (Lipinski definition) is 0. The quantitative estimate of drug-likeness (QED) is 0.716. The molecule has 0 atom stereocenters. The molecule has 3 aromatic heterocycles. The molecule has 7 heteroatoms. The zero-order chi connectivity index (χ0) is 15.3. The summed E-state index contributed by atoms with van der Waals surface area (Å²) in [6, 6.07) is 0. The molecule has 0 aliphatic heterocycles. The normalized spacial score (nSPS) is 11.8. The molecule has 112 valence electrons. The lowest BCUT2D eigenvalue weighted by atomic mass is 10.3. The number of hydrogen-bond acceptors (Lipinski definition) is 3. The molecule has 0 spiro atoms. The Hall–Kier alpha value is -2.31. The van der Waals surface area contributed by atoms with Gasteiger partial charge in [0.05, 0.1) is 0 Å². The number of imidazole rings is 2. The Balaban J connectivity index is 2.45. The largest absolute Gasteiger partial charge is 0.332 e. The fourth-order valence-electron chi connectivity index (χ4n) is 2.72. The molecule has 21 heavy (non-hydrogen) atoms. The van der Waals surface area contributed by atoms with Crippen LogP contribution in [0.3, 0.4) is 0 Å². The minimum Gasteiger partial charge on any atom is -0.314 e. The zero-order valence-corrected chi connectivity index (χ0v) is 12.8. The van der Waals surface area contributed by atoms with Crippen LogP contribution >= 0.6 is 0 Å². The Bertz CT molecular complexity index is 954. The molecule has 0 saturated heterocycles. The van der Waals surface area contributed by atoms with E-state index < -0.39 is 0 Å². The first-order chi connectivity index (χ1) is 9.97. The van der Waals surface area contributed by atoms with E-state index in [1.165, 1.54) is 11.6 Å². The van der Waals surface area contributed by atoms with E-state index in [2.05, 4.69) is 16.5 Å². The van der Waals surface area contributed by atoms with Crippen LogP contribution < -0.4 is 11.2 Å². The third-order valence-electron chi connectivity index (χ3n) is 3.99. The van der Waals surface area contributed by atoms with Crippen LogP contribution in [0.5, 0.6) is 0 Å². The van der Waals surface area contributed by atoms with Gasteiger partial charge in [-0.2, -0.15) is 4.98 Å². The summed E-state index contributed by atoms with van der Waals surface area (Å²) >= 11 is 0. The maximum absolute atomic E-state index is 12.4. The lowest BCUT2D eigenvalue weighted by Gasteiger charge is -2.03. The van der Waals surface area contributed by atoms with Crippen LogP contribution in [0.2, 0.25) is 0 Å². The van der Waals surface area contributed by atoms with E-state index in [4.69, 9.17) is 0 Å². The lowest BCUT2D eigenvalue weighted by molar-refractivity contribution is 0.632. The molecular formula is C14H19N5O2. The van der Waals surface area contributed by atoms with Crippen LogP contribution in [0.15, 0.2) is 15.8 Å². The minimum absolute atomic E-state index is 0.312. The van der Waals surface area contributed by atoms with Crippen molar-refractivity contribution in [2.45, 2.75) is 33.2 Å². The molecule has 7 nitrogen and oxygen atoms in total. The monoisotopic (exact) mass is 289 g/mol. The second kappa shape index (κ2) is 4.61. The van der Waals surface area contributed by atoms with Crippen molar-refractivity contribution in [1.82, 2.24) is 23.1 Å². The number of aromatic nitrogens is 5. The Morgan fingerprint density at radius 1 is 1.19 bits per heavy atom. The average Bonchev–Trinajstić information content (AvgIpc) is 2.96. The summed E-state index contributed by atoms with van der Waals surface area (Å²) in [4.78, 5) is 28.9. The van der Waals surface area contributed by atoms with E-state index in [9.17, 15) is 9.59 Å². The summed E-state index contributed by atoms with van der Waals surface area (Å²) in [6.45, 7) is 5.00. The van der Waals surface area contributed by atoms with Gasteiger partial charge in [0.2, 0.25) is 5.78 Å². The Morgan fingerprint density at radius 3 is 2.57 bits per heavy atom. The molecule has 0 amide bonds. The molecular weight excluding hydrogens is 270 g/mol. The molecule has 3 aromatic rings. The zero-order valence-electron chi connectivity index (χ0n) is 12.8. The fourth-order valence-corrected chi connectivity index (χ4v) is 2.72. The molecule has 0 N–H and O–H groups in total. The molecule has 0 fully saturated rings. The van der Waals surface area contributed by atoms with E-state index in [-0.39, 0.29) is 11.2 Å². The molecule has 3 heterocycles. The fraction of sp³-hybridized carbons (Fsp3) is 0.500. The van der Waals surface area contributed by atoms with E-state index in [1.54, 1.807) is 11.4 Å². The van der Waals surface area contributed by atoms with Crippen molar-refractivity contribution >= 4 is 16.9 Å². The second-order valence-electron chi connectivity index (χ2n) is 5.44. The van der Waals surface area contributed by atoms with Crippen molar-refractivity contribution in [3.63, 3.8) is 0 Å². The molecule has 0 unspecified atom stereocenters. The summed E-state index contributed by atoms with van der Waals surface area (Å²) in [7, 11) is 3.13. The number of rotatable bonds is 3. The van der Waals surface area contributed by atoms with Crippen LogP contribution in [-0.2, 0) is 20.6 Å². The van der Waals surface area contributed by atoms with Gasteiger partial charge in [-0.3, -0.25) is 18.3 Å². The van der Waals surface area contributed by atoms with Crippen molar-refractivity contribution < 1.29 is 0 Å². The van der Waals surface area contributed by atoms with Gasteiger partial charge in [0.15, 0.2) is 11.2 Å². The van der Waals surface area contributed by atoms with Gasteiger partial charge >= 0.3 is 5.69 Å². The molecule has 0 aliphatic carbocycles. The van der Waals surface area contributed by atoms with E-state index in [0.29, 0.717) is 16.9 Å². The predicted octanol–water partition coefficient (Wildman–Crippen LogP) is 0.795. The van der Waals surface area contributed by atoms with Crippen LogP contribution in [-0.4, -0.2) is 23.1 Å². The van der Waals surface area contributed by atoms with E-state index in [1.807, 2.05) is 13.1 Å².